The van der Waals surface area contributed by atoms with Crippen LogP contribution in [0.25, 0.3) is 0 Å². The Labute approximate surface area is 174 Å². The molecule has 30 heavy (non-hydrogen) atoms. The second kappa shape index (κ2) is 9.99. The third kappa shape index (κ3) is 6.39. The highest BCUT2D eigenvalue weighted by Crippen LogP contribution is 2.14. The minimum Gasteiger partial charge on any atom is -0.465 e. The van der Waals surface area contributed by atoms with Gasteiger partial charge in [-0.15, -0.1) is 0 Å². The van der Waals surface area contributed by atoms with E-state index in [1.165, 1.54) is 45.2 Å². The van der Waals surface area contributed by atoms with E-state index >= 15 is 0 Å². The number of carbonyl (C=O) groups excluding carboxylic acids is 3. The molecule has 0 aliphatic rings. The summed E-state index contributed by atoms with van der Waals surface area (Å²) in [7, 11) is -2.64. The summed E-state index contributed by atoms with van der Waals surface area (Å²) < 4.78 is 31.9. The zero-order valence-electron chi connectivity index (χ0n) is 16.8. The Morgan fingerprint density at radius 1 is 1.00 bits per heavy atom. The van der Waals surface area contributed by atoms with E-state index in [0.717, 1.165) is 5.56 Å². The summed E-state index contributed by atoms with van der Waals surface area (Å²) in [6.07, 6.45) is 0. The molecule has 10 heteroatoms. The fraction of sp³-hybridized carbons (Fsp3) is 0.250. The molecule has 0 spiro atoms. The van der Waals surface area contributed by atoms with Crippen molar-refractivity contribution >= 4 is 33.5 Å². The van der Waals surface area contributed by atoms with Gasteiger partial charge in [0.25, 0.3) is 0 Å². The van der Waals surface area contributed by atoms with Gasteiger partial charge in [0.15, 0.2) is 0 Å². The SMILES string of the molecule is COC(=O)c1ccc(CNC(=O)[C@H](C)NS(=O)(=O)c2ccc(NC(C)=O)cc2)cc1. The molecule has 0 aromatic heterocycles. The molecule has 2 rings (SSSR count). The normalized spacial score (nSPS) is 12.0. The van der Waals surface area contributed by atoms with Crippen molar-refractivity contribution in [3.05, 3.63) is 59.7 Å². The van der Waals surface area contributed by atoms with Crippen molar-refractivity contribution in [1.29, 1.82) is 0 Å². The van der Waals surface area contributed by atoms with Crippen LogP contribution in [0.1, 0.15) is 29.8 Å². The molecule has 160 valence electrons. The molecule has 0 aliphatic carbocycles. The van der Waals surface area contributed by atoms with Gasteiger partial charge >= 0.3 is 5.97 Å². The Balaban J connectivity index is 1.94. The lowest BCUT2D eigenvalue weighted by atomic mass is 10.1. The van der Waals surface area contributed by atoms with Gasteiger partial charge in [0.1, 0.15) is 0 Å². The predicted octanol–water partition coefficient (Wildman–Crippen LogP) is 1.41. The smallest absolute Gasteiger partial charge is 0.337 e. The first kappa shape index (κ1) is 23.0. The number of ether oxygens (including phenoxy) is 1. The molecule has 2 aromatic carbocycles. The summed E-state index contributed by atoms with van der Waals surface area (Å²) in [4.78, 5) is 34.7. The van der Waals surface area contributed by atoms with E-state index in [2.05, 4.69) is 20.1 Å². The molecule has 0 aliphatic heterocycles. The quantitative estimate of drug-likeness (QED) is 0.540. The van der Waals surface area contributed by atoms with Gasteiger partial charge < -0.3 is 15.4 Å². The number of nitrogens with one attached hydrogen (secondary N) is 3. The monoisotopic (exact) mass is 433 g/mol. The molecule has 0 heterocycles. The van der Waals surface area contributed by atoms with Crippen molar-refractivity contribution in [3.8, 4) is 0 Å². The molecular weight excluding hydrogens is 410 g/mol. The Kier molecular flexibility index (Phi) is 7.67. The van der Waals surface area contributed by atoms with Crippen LogP contribution in [0.2, 0.25) is 0 Å². The summed E-state index contributed by atoms with van der Waals surface area (Å²) in [5.74, 6) is -1.24. The molecule has 1 atom stereocenters. The number of hydrogen-bond acceptors (Lipinski definition) is 6. The van der Waals surface area contributed by atoms with Crippen LogP contribution in [-0.4, -0.2) is 39.4 Å². The number of sulfonamides is 1. The average Bonchev–Trinajstić information content (AvgIpc) is 2.71. The number of rotatable bonds is 8. The van der Waals surface area contributed by atoms with Gasteiger partial charge in [0.2, 0.25) is 21.8 Å². The molecule has 0 fully saturated rings. The molecule has 0 bridgehead atoms. The van der Waals surface area contributed by atoms with Gasteiger partial charge in [-0.2, -0.15) is 4.72 Å². The standard InChI is InChI=1S/C20H23N3O6S/c1-13(19(25)21-12-15-4-6-16(7-5-15)20(26)29-3)23-30(27,28)18-10-8-17(9-11-18)22-14(2)24/h4-11,13,23H,12H2,1-3H3,(H,21,25)(H,22,24)/t13-/m0/s1. The minimum absolute atomic E-state index is 0.0327. The van der Waals surface area contributed by atoms with Gasteiger partial charge in [-0.25, -0.2) is 13.2 Å². The molecule has 3 N–H and O–H groups in total. The third-order valence-corrected chi connectivity index (χ3v) is 5.61. The van der Waals surface area contributed by atoms with Crippen molar-refractivity contribution in [2.24, 2.45) is 0 Å². The molecular formula is C20H23N3O6S. The number of amides is 2. The van der Waals surface area contributed by atoms with E-state index in [1.54, 1.807) is 24.3 Å². The van der Waals surface area contributed by atoms with Crippen molar-refractivity contribution in [3.63, 3.8) is 0 Å². The molecule has 9 nitrogen and oxygen atoms in total. The van der Waals surface area contributed by atoms with Crippen LogP contribution in [0, 0.1) is 0 Å². The summed E-state index contributed by atoms with van der Waals surface area (Å²) in [5, 5.41) is 5.18. The molecule has 0 saturated carbocycles. The zero-order chi connectivity index (χ0) is 22.3. The number of methoxy groups -OCH3 is 1. The lowest BCUT2D eigenvalue weighted by Crippen LogP contribution is -2.44. The van der Waals surface area contributed by atoms with Crippen LogP contribution in [0.4, 0.5) is 5.69 Å². The fourth-order valence-electron chi connectivity index (χ4n) is 2.49. The molecule has 0 unspecified atom stereocenters. The summed E-state index contributed by atoms with van der Waals surface area (Å²) in [5.41, 5.74) is 1.59. The number of anilines is 1. The van der Waals surface area contributed by atoms with Gasteiger partial charge in [-0.3, -0.25) is 9.59 Å². The van der Waals surface area contributed by atoms with Crippen molar-refractivity contribution in [1.82, 2.24) is 10.0 Å². The molecule has 0 radical (unpaired) electrons. The third-order valence-electron chi connectivity index (χ3n) is 4.05. The van der Waals surface area contributed by atoms with Gasteiger partial charge in [-0.05, 0) is 48.9 Å². The number of carbonyl (C=O) groups is 3. The highest BCUT2D eigenvalue weighted by Gasteiger charge is 2.22. The summed E-state index contributed by atoms with van der Waals surface area (Å²) in [6.45, 7) is 2.94. The van der Waals surface area contributed by atoms with Crippen molar-refractivity contribution < 1.29 is 27.5 Å². The van der Waals surface area contributed by atoms with E-state index in [4.69, 9.17) is 0 Å². The van der Waals surface area contributed by atoms with Gasteiger partial charge in [0, 0.05) is 19.2 Å². The topological polar surface area (TPSA) is 131 Å². The van der Waals surface area contributed by atoms with Crippen molar-refractivity contribution in [2.75, 3.05) is 12.4 Å². The summed E-state index contributed by atoms with van der Waals surface area (Å²) >= 11 is 0. The number of esters is 1. The first-order valence-electron chi connectivity index (χ1n) is 8.97. The first-order chi connectivity index (χ1) is 14.1. The van der Waals surface area contributed by atoms with Gasteiger partial charge in [0.05, 0.1) is 23.6 Å². The van der Waals surface area contributed by atoms with E-state index < -0.39 is 27.9 Å². The second-order valence-corrected chi connectivity index (χ2v) is 8.17. The maximum absolute atomic E-state index is 12.5. The maximum Gasteiger partial charge on any atom is 0.337 e. The minimum atomic E-state index is -3.93. The van der Waals surface area contributed by atoms with E-state index in [0.29, 0.717) is 11.3 Å². The Hall–Kier alpha value is -3.24. The van der Waals surface area contributed by atoms with Crippen LogP contribution < -0.4 is 15.4 Å². The first-order valence-corrected chi connectivity index (χ1v) is 10.5. The summed E-state index contributed by atoms with van der Waals surface area (Å²) in [6, 6.07) is 11.0. The van der Waals surface area contributed by atoms with Crippen LogP contribution in [0.15, 0.2) is 53.4 Å². The van der Waals surface area contributed by atoms with E-state index in [-0.39, 0.29) is 17.3 Å². The average molecular weight is 433 g/mol. The zero-order valence-corrected chi connectivity index (χ0v) is 17.6. The van der Waals surface area contributed by atoms with E-state index in [1.807, 2.05) is 0 Å². The maximum atomic E-state index is 12.5. The van der Waals surface area contributed by atoms with E-state index in [9.17, 15) is 22.8 Å². The highest BCUT2D eigenvalue weighted by molar-refractivity contribution is 7.89. The number of benzene rings is 2. The van der Waals surface area contributed by atoms with Crippen LogP contribution in [0.5, 0.6) is 0 Å². The predicted molar refractivity (Wildman–Crippen MR) is 110 cm³/mol. The molecule has 0 saturated heterocycles. The fourth-order valence-corrected chi connectivity index (χ4v) is 3.70. The molecule has 2 amide bonds. The Morgan fingerprint density at radius 2 is 1.60 bits per heavy atom. The van der Waals surface area contributed by atoms with Crippen molar-refractivity contribution in [2.45, 2.75) is 31.3 Å². The van der Waals surface area contributed by atoms with Crippen LogP contribution >= 0.6 is 0 Å². The lowest BCUT2D eigenvalue weighted by Gasteiger charge is -2.15. The second-order valence-electron chi connectivity index (χ2n) is 6.45. The van der Waals surface area contributed by atoms with Crippen LogP contribution in [-0.2, 0) is 30.9 Å². The Morgan fingerprint density at radius 3 is 2.13 bits per heavy atom. The largest absolute Gasteiger partial charge is 0.465 e. The highest BCUT2D eigenvalue weighted by atomic mass is 32.2. The lowest BCUT2D eigenvalue weighted by molar-refractivity contribution is -0.122. The number of hydrogen-bond donors (Lipinski definition) is 3. The van der Waals surface area contributed by atoms with Gasteiger partial charge in [-0.1, -0.05) is 12.1 Å². The van der Waals surface area contributed by atoms with Crippen LogP contribution in [0.3, 0.4) is 0 Å². The molecule has 2 aromatic rings. The Bertz CT molecular complexity index is 1020.